The summed E-state index contributed by atoms with van der Waals surface area (Å²) in [7, 11) is -3.31. The molecule has 144 valence electrons. The van der Waals surface area contributed by atoms with Crippen LogP contribution < -0.4 is 4.74 Å². The minimum atomic E-state index is -3.31. The van der Waals surface area contributed by atoms with Gasteiger partial charge in [-0.2, -0.15) is 5.26 Å². The molecule has 3 heterocycles. The minimum absolute atomic E-state index is 0.106. The van der Waals surface area contributed by atoms with E-state index in [1.54, 1.807) is 36.5 Å². The summed E-state index contributed by atoms with van der Waals surface area (Å²) >= 11 is 0. The summed E-state index contributed by atoms with van der Waals surface area (Å²) in [5, 5.41) is 9.00. The Hall–Kier alpha value is -2.92. The molecule has 2 aliphatic rings. The maximum atomic E-state index is 12.7. The first-order valence-electron chi connectivity index (χ1n) is 9.01. The number of amides is 1. The van der Waals surface area contributed by atoms with Crippen molar-refractivity contribution in [2.75, 3.05) is 25.4 Å². The third kappa shape index (κ3) is 3.02. The van der Waals surface area contributed by atoms with Crippen molar-refractivity contribution in [1.29, 1.82) is 5.26 Å². The summed E-state index contributed by atoms with van der Waals surface area (Å²) < 4.78 is 30.2. The molecule has 0 unspecified atom stereocenters. The number of hydrogen-bond donors (Lipinski definition) is 0. The van der Waals surface area contributed by atoms with Gasteiger partial charge >= 0.3 is 0 Å². The van der Waals surface area contributed by atoms with Gasteiger partial charge in [-0.15, -0.1) is 0 Å². The van der Waals surface area contributed by atoms with E-state index in [4.69, 9.17) is 10.00 Å². The summed E-state index contributed by atoms with van der Waals surface area (Å²) in [4.78, 5) is 18.4. The van der Waals surface area contributed by atoms with Crippen LogP contribution in [0.15, 0.2) is 48.7 Å². The van der Waals surface area contributed by atoms with Gasteiger partial charge in [-0.05, 0) is 30.7 Å². The molecule has 1 aromatic heterocycles. The number of sulfone groups is 1. The highest BCUT2D eigenvalue weighted by Gasteiger charge is 2.62. The molecule has 0 radical (unpaired) electrons. The van der Waals surface area contributed by atoms with Gasteiger partial charge in [0.25, 0.3) is 5.91 Å². The number of rotatable bonds is 4. The summed E-state index contributed by atoms with van der Waals surface area (Å²) in [6, 6.07) is 13.8. The standard InChI is InChI=1S/C20H19N3O4S/c21-11-15-4-3-5-16(10-15)19(24)23-13-20(14-23)17(7-9-28(20,25)26)12-27-18-6-1-2-8-22-18/h1-6,8,10,17H,7,9,12-14H2/t17-/m0/s1. The van der Waals surface area contributed by atoms with E-state index >= 15 is 0 Å². The Labute approximate surface area is 163 Å². The van der Waals surface area contributed by atoms with Crippen LogP contribution in [0.5, 0.6) is 5.88 Å². The van der Waals surface area contributed by atoms with E-state index in [1.807, 2.05) is 12.1 Å². The SMILES string of the molecule is N#Cc1cccc(C(=O)N2CC3(C2)[C@H](COc2ccccn2)CCS3(=O)=O)c1. The number of carbonyl (C=O) groups is 1. The lowest BCUT2D eigenvalue weighted by atomic mass is 9.83. The second kappa shape index (κ2) is 6.91. The molecule has 7 nitrogen and oxygen atoms in total. The van der Waals surface area contributed by atoms with Gasteiger partial charge in [-0.25, -0.2) is 13.4 Å². The van der Waals surface area contributed by atoms with Crippen LogP contribution in [0.25, 0.3) is 0 Å². The Balaban J connectivity index is 1.48. The Morgan fingerprint density at radius 1 is 1.29 bits per heavy atom. The quantitative estimate of drug-likeness (QED) is 0.778. The minimum Gasteiger partial charge on any atom is -0.477 e. The average Bonchev–Trinajstić information content (AvgIpc) is 2.96. The molecular formula is C20H19N3O4S. The molecule has 28 heavy (non-hydrogen) atoms. The molecule has 1 aromatic carbocycles. The molecule has 0 saturated carbocycles. The number of nitrogens with zero attached hydrogens (tertiary/aromatic N) is 3. The predicted octanol–water partition coefficient (Wildman–Crippen LogP) is 1.66. The topological polar surface area (TPSA) is 100 Å². The van der Waals surface area contributed by atoms with Crippen molar-refractivity contribution in [3.05, 3.63) is 59.8 Å². The van der Waals surface area contributed by atoms with Crippen LogP contribution in [-0.4, -0.2) is 54.4 Å². The zero-order valence-corrected chi connectivity index (χ0v) is 15.9. The lowest BCUT2D eigenvalue weighted by molar-refractivity contribution is 0.0407. The van der Waals surface area contributed by atoms with Crippen LogP contribution in [0.4, 0.5) is 0 Å². The number of hydrogen-bond acceptors (Lipinski definition) is 6. The van der Waals surface area contributed by atoms with E-state index in [0.29, 0.717) is 23.4 Å². The number of ether oxygens (including phenoxy) is 1. The van der Waals surface area contributed by atoms with Crippen molar-refractivity contribution in [3.8, 4) is 11.9 Å². The van der Waals surface area contributed by atoms with Gasteiger partial charge in [-0.1, -0.05) is 12.1 Å². The molecule has 2 aromatic rings. The van der Waals surface area contributed by atoms with Gasteiger partial charge in [0.2, 0.25) is 5.88 Å². The second-order valence-corrected chi connectivity index (χ2v) is 9.65. The normalized spacial score (nSPS) is 21.7. The van der Waals surface area contributed by atoms with Crippen molar-refractivity contribution in [2.24, 2.45) is 5.92 Å². The maximum absolute atomic E-state index is 12.7. The van der Waals surface area contributed by atoms with E-state index in [2.05, 4.69) is 4.98 Å². The van der Waals surface area contributed by atoms with Gasteiger partial charge in [0, 0.05) is 36.8 Å². The molecule has 4 rings (SSSR count). The Bertz CT molecular complexity index is 1040. The number of likely N-dealkylation sites (tertiary alicyclic amines) is 1. The third-order valence-electron chi connectivity index (χ3n) is 5.61. The zero-order valence-electron chi connectivity index (χ0n) is 15.1. The van der Waals surface area contributed by atoms with Crippen molar-refractivity contribution in [3.63, 3.8) is 0 Å². The Kier molecular flexibility index (Phi) is 4.55. The first-order chi connectivity index (χ1) is 13.4. The van der Waals surface area contributed by atoms with Crippen molar-refractivity contribution in [1.82, 2.24) is 9.88 Å². The number of pyridine rings is 1. The van der Waals surface area contributed by atoms with E-state index in [9.17, 15) is 13.2 Å². The molecular weight excluding hydrogens is 378 g/mol. The molecule has 0 N–H and O–H groups in total. The van der Waals surface area contributed by atoms with E-state index in [1.165, 1.54) is 11.0 Å². The number of carbonyl (C=O) groups excluding carboxylic acids is 1. The van der Waals surface area contributed by atoms with Crippen LogP contribution >= 0.6 is 0 Å². The summed E-state index contributed by atoms with van der Waals surface area (Å²) in [6.45, 7) is 0.560. The second-order valence-electron chi connectivity index (χ2n) is 7.20. The van der Waals surface area contributed by atoms with Crippen molar-refractivity contribution >= 4 is 15.7 Å². The van der Waals surface area contributed by atoms with E-state index in [-0.39, 0.29) is 37.3 Å². The van der Waals surface area contributed by atoms with Gasteiger partial charge in [0.15, 0.2) is 9.84 Å². The Morgan fingerprint density at radius 3 is 2.82 bits per heavy atom. The number of nitriles is 1. The average molecular weight is 397 g/mol. The molecule has 8 heteroatoms. The van der Waals surface area contributed by atoms with Gasteiger partial charge in [-0.3, -0.25) is 4.79 Å². The smallest absolute Gasteiger partial charge is 0.253 e. The highest BCUT2D eigenvalue weighted by atomic mass is 32.2. The maximum Gasteiger partial charge on any atom is 0.253 e. The predicted molar refractivity (Wildman–Crippen MR) is 101 cm³/mol. The zero-order chi connectivity index (χ0) is 19.8. The number of benzene rings is 1. The van der Waals surface area contributed by atoms with Gasteiger partial charge in [0.1, 0.15) is 4.75 Å². The van der Waals surface area contributed by atoms with E-state index < -0.39 is 14.6 Å². The monoisotopic (exact) mass is 397 g/mol. The molecule has 1 spiro atoms. The molecule has 0 bridgehead atoms. The fourth-order valence-corrected chi connectivity index (χ4v) is 6.37. The van der Waals surface area contributed by atoms with Crippen molar-refractivity contribution < 1.29 is 17.9 Å². The highest BCUT2D eigenvalue weighted by molar-refractivity contribution is 7.93. The van der Waals surface area contributed by atoms with Gasteiger partial charge in [0.05, 0.1) is 24.0 Å². The molecule has 2 saturated heterocycles. The van der Waals surface area contributed by atoms with Crippen LogP contribution in [0.2, 0.25) is 0 Å². The largest absolute Gasteiger partial charge is 0.477 e. The number of aromatic nitrogens is 1. The van der Waals surface area contributed by atoms with Gasteiger partial charge < -0.3 is 9.64 Å². The lowest BCUT2D eigenvalue weighted by Crippen LogP contribution is -2.68. The fraction of sp³-hybridized carbons (Fsp3) is 0.350. The van der Waals surface area contributed by atoms with Crippen LogP contribution in [0, 0.1) is 17.2 Å². The molecule has 1 amide bonds. The first kappa shape index (κ1) is 18.4. The first-order valence-corrected chi connectivity index (χ1v) is 10.7. The molecule has 2 fully saturated rings. The Morgan fingerprint density at radius 2 is 2.11 bits per heavy atom. The molecule has 1 atom stereocenters. The molecule has 2 aliphatic heterocycles. The lowest BCUT2D eigenvalue weighted by Gasteiger charge is -2.49. The third-order valence-corrected chi connectivity index (χ3v) is 8.21. The summed E-state index contributed by atoms with van der Waals surface area (Å²) in [5.41, 5.74) is 0.793. The van der Waals surface area contributed by atoms with Crippen LogP contribution in [0.1, 0.15) is 22.3 Å². The molecule has 0 aliphatic carbocycles. The summed E-state index contributed by atoms with van der Waals surface area (Å²) in [6.07, 6.45) is 2.14. The van der Waals surface area contributed by atoms with Crippen LogP contribution in [0.3, 0.4) is 0 Å². The fourth-order valence-electron chi connectivity index (χ4n) is 3.97. The van der Waals surface area contributed by atoms with E-state index in [0.717, 1.165) is 0 Å². The highest BCUT2D eigenvalue weighted by Crippen LogP contribution is 2.45. The van der Waals surface area contributed by atoms with Crippen molar-refractivity contribution in [2.45, 2.75) is 11.2 Å². The van der Waals surface area contributed by atoms with Crippen LogP contribution in [-0.2, 0) is 9.84 Å². The summed E-state index contributed by atoms with van der Waals surface area (Å²) in [5.74, 6) is 0.126.